The van der Waals surface area contributed by atoms with Crippen LogP contribution in [0.2, 0.25) is 5.02 Å². The van der Waals surface area contributed by atoms with Gasteiger partial charge < -0.3 is 5.32 Å². The molecule has 0 bridgehead atoms. The summed E-state index contributed by atoms with van der Waals surface area (Å²) in [6.07, 6.45) is 2.10. The molecule has 21 heavy (non-hydrogen) atoms. The molecule has 1 aliphatic carbocycles. The lowest BCUT2D eigenvalue weighted by Gasteiger charge is -2.37. The first-order valence-electron chi connectivity index (χ1n) is 6.69. The Morgan fingerprint density at radius 2 is 1.90 bits per heavy atom. The van der Waals surface area contributed by atoms with Crippen molar-refractivity contribution in [1.82, 2.24) is 0 Å². The molecule has 2 aromatic rings. The van der Waals surface area contributed by atoms with Gasteiger partial charge in [-0.05, 0) is 64.5 Å². The maximum absolute atomic E-state index is 13.2. The first-order valence-corrected chi connectivity index (χ1v) is 8.66. The molecule has 1 fully saturated rings. The highest BCUT2D eigenvalue weighted by molar-refractivity contribution is 9.10. The fraction of sp³-hybridized carbons (Fsp3) is 0.250. The maximum atomic E-state index is 13.2. The molecule has 1 saturated carbocycles. The average Bonchev–Trinajstić information content (AvgIpc) is 2.35. The summed E-state index contributed by atoms with van der Waals surface area (Å²) < 4.78 is 15.0. The van der Waals surface area contributed by atoms with Gasteiger partial charge in [0.1, 0.15) is 5.82 Å². The zero-order chi connectivity index (χ0) is 15.0. The summed E-state index contributed by atoms with van der Waals surface area (Å²) in [7, 11) is 0. The van der Waals surface area contributed by atoms with Crippen molar-refractivity contribution in [2.45, 2.75) is 24.8 Å². The smallest absolute Gasteiger partial charge is 0.125 e. The van der Waals surface area contributed by atoms with E-state index >= 15 is 0 Å². The molecule has 1 N–H and O–H groups in total. The third-order valence-corrected chi connectivity index (χ3v) is 5.23. The number of anilines is 1. The van der Waals surface area contributed by atoms with E-state index in [9.17, 15) is 4.39 Å². The van der Waals surface area contributed by atoms with Crippen LogP contribution in [-0.2, 0) is 0 Å². The lowest BCUT2D eigenvalue weighted by molar-refractivity contribution is 0.374. The summed E-state index contributed by atoms with van der Waals surface area (Å²) >= 11 is 13.0. The summed E-state index contributed by atoms with van der Waals surface area (Å²) in [6, 6.07) is 11.6. The summed E-state index contributed by atoms with van der Waals surface area (Å²) in [5.41, 5.74) is 2.13. The minimum atomic E-state index is -0.335. The first kappa shape index (κ1) is 15.3. The average molecular weight is 434 g/mol. The Bertz CT molecular complexity index is 648. The first-order chi connectivity index (χ1) is 10.0. The van der Waals surface area contributed by atoms with Gasteiger partial charge in [-0.3, -0.25) is 0 Å². The molecule has 0 radical (unpaired) electrons. The highest BCUT2D eigenvalue weighted by Gasteiger charge is 2.31. The van der Waals surface area contributed by atoms with Gasteiger partial charge in [0.25, 0.3) is 0 Å². The van der Waals surface area contributed by atoms with Crippen LogP contribution in [0.25, 0.3) is 0 Å². The van der Waals surface area contributed by atoms with E-state index < -0.39 is 0 Å². The van der Waals surface area contributed by atoms with E-state index in [0.29, 0.717) is 21.5 Å². The van der Waals surface area contributed by atoms with E-state index in [2.05, 4.69) is 55.4 Å². The Labute approximate surface area is 145 Å². The predicted octanol–water partition coefficient (Wildman–Crippen LogP) is 6.36. The lowest BCUT2D eigenvalue weighted by atomic mass is 9.76. The van der Waals surface area contributed by atoms with Crippen molar-refractivity contribution in [2.24, 2.45) is 0 Å². The van der Waals surface area contributed by atoms with Crippen LogP contribution in [0.5, 0.6) is 0 Å². The fourth-order valence-corrected chi connectivity index (χ4v) is 3.99. The Hall–Kier alpha value is -0.580. The molecule has 0 spiro atoms. The molecule has 1 nitrogen and oxygen atoms in total. The van der Waals surface area contributed by atoms with Crippen LogP contribution in [0, 0.1) is 5.82 Å². The zero-order valence-electron chi connectivity index (χ0n) is 11.0. The van der Waals surface area contributed by atoms with E-state index in [0.717, 1.165) is 23.0 Å². The van der Waals surface area contributed by atoms with Gasteiger partial charge in [-0.25, -0.2) is 4.39 Å². The molecule has 1 aliphatic rings. The topological polar surface area (TPSA) is 12.0 Å². The van der Waals surface area contributed by atoms with Crippen molar-refractivity contribution >= 4 is 49.1 Å². The third kappa shape index (κ3) is 3.43. The third-order valence-electron chi connectivity index (χ3n) is 3.81. The molecule has 2 aromatic carbocycles. The second-order valence-electron chi connectivity index (χ2n) is 5.31. The molecule has 0 unspecified atom stereocenters. The Morgan fingerprint density at radius 3 is 2.57 bits per heavy atom. The van der Waals surface area contributed by atoms with E-state index in [-0.39, 0.29) is 5.82 Å². The van der Waals surface area contributed by atoms with Crippen molar-refractivity contribution in [1.29, 1.82) is 0 Å². The number of nitrogens with one attached hydrogen (secondary N) is 1. The van der Waals surface area contributed by atoms with Gasteiger partial charge in [0.05, 0.1) is 10.7 Å². The number of rotatable bonds is 3. The van der Waals surface area contributed by atoms with Crippen LogP contribution in [0.15, 0.2) is 45.3 Å². The number of halogens is 4. The van der Waals surface area contributed by atoms with Gasteiger partial charge in [-0.15, -0.1) is 0 Å². The van der Waals surface area contributed by atoms with Crippen LogP contribution in [0.3, 0.4) is 0 Å². The molecular formula is C16H13Br2ClFN. The molecule has 0 amide bonds. The minimum absolute atomic E-state index is 0.335. The van der Waals surface area contributed by atoms with Crippen LogP contribution in [0.1, 0.15) is 24.3 Å². The molecule has 3 rings (SSSR count). The van der Waals surface area contributed by atoms with Crippen molar-refractivity contribution in [2.75, 3.05) is 5.32 Å². The van der Waals surface area contributed by atoms with E-state index in [1.54, 1.807) is 0 Å². The standard InChI is InChI=1S/C16H13Br2ClFN/c17-11-3-1-2-9(4-11)10-5-13(6-10)21-16-14(18)7-12(20)8-15(16)19/h1-4,7-8,10,13,21H,5-6H2. The summed E-state index contributed by atoms with van der Waals surface area (Å²) in [5.74, 6) is 0.232. The number of hydrogen-bond donors (Lipinski definition) is 1. The second kappa shape index (κ2) is 6.27. The molecule has 0 atom stereocenters. The molecule has 5 heteroatoms. The van der Waals surface area contributed by atoms with Crippen molar-refractivity contribution in [3.63, 3.8) is 0 Å². The largest absolute Gasteiger partial charge is 0.380 e. The summed E-state index contributed by atoms with van der Waals surface area (Å²) in [4.78, 5) is 0. The van der Waals surface area contributed by atoms with E-state index in [1.165, 1.54) is 17.7 Å². The van der Waals surface area contributed by atoms with Gasteiger partial charge >= 0.3 is 0 Å². The zero-order valence-corrected chi connectivity index (χ0v) is 15.0. The SMILES string of the molecule is Fc1cc(Cl)c(NC2CC(c3cccc(Br)c3)C2)c(Br)c1. The highest BCUT2D eigenvalue weighted by atomic mass is 79.9. The Morgan fingerprint density at radius 1 is 1.14 bits per heavy atom. The van der Waals surface area contributed by atoms with Gasteiger partial charge in [-0.1, -0.05) is 39.7 Å². The monoisotopic (exact) mass is 431 g/mol. The van der Waals surface area contributed by atoms with Gasteiger partial charge in [0.15, 0.2) is 0 Å². The molecule has 0 aromatic heterocycles. The molecule has 0 heterocycles. The molecule has 0 saturated heterocycles. The Kier molecular flexibility index (Phi) is 4.57. The van der Waals surface area contributed by atoms with Gasteiger partial charge in [0.2, 0.25) is 0 Å². The van der Waals surface area contributed by atoms with Crippen LogP contribution in [-0.4, -0.2) is 6.04 Å². The van der Waals surface area contributed by atoms with E-state index in [4.69, 9.17) is 11.6 Å². The molecular weight excluding hydrogens is 420 g/mol. The quantitative estimate of drug-likeness (QED) is 0.594. The van der Waals surface area contributed by atoms with Gasteiger partial charge in [-0.2, -0.15) is 0 Å². The Balaban J connectivity index is 1.65. The molecule has 0 aliphatic heterocycles. The maximum Gasteiger partial charge on any atom is 0.125 e. The number of hydrogen-bond acceptors (Lipinski definition) is 1. The normalized spacial score (nSPS) is 21.0. The number of benzene rings is 2. The summed E-state index contributed by atoms with van der Waals surface area (Å²) in [6.45, 7) is 0. The summed E-state index contributed by atoms with van der Waals surface area (Å²) in [5, 5.41) is 3.81. The van der Waals surface area contributed by atoms with E-state index in [1.807, 2.05) is 6.07 Å². The highest BCUT2D eigenvalue weighted by Crippen LogP contribution is 2.41. The van der Waals surface area contributed by atoms with Crippen LogP contribution < -0.4 is 5.32 Å². The fourth-order valence-electron chi connectivity index (χ4n) is 2.65. The van der Waals surface area contributed by atoms with Crippen LogP contribution in [0.4, 0.5) is 10.1 Å². The van der Waals surface area contributed by atoms with Crippen molar-refractivity contribution < 1.29 is 4.39 Å². The van der Waals surface area contributed by atoms with Crippen molar-refractivity contribution in [3.8, 4) is 0 Å². The predicted molar refractivity (Wildman–Crippen MR) is 92.6 cm³/mol. The van der Waals surface area contributed by atoms with Crippen LogP contribution >= 0.6 is 43.5 Å². The molecule has 110 valence electrons. The van der Waals surface area contributed by atoms with Gasteiger partial charge in [0, 0.05) is 15.0 Å². The second-order valence-corrected chi connectivity index (χ2v) is 7.49. The minimum Gasteiger partial charge on any atom is -0.380 e. The van der Waals surface area contributed by atoms with Crippen molar-refractivity contribution in [3.05, 3.63) is 61.7 Å². The lowest BCUT2D eigenvalue weighted by Crippen LogP contribution is -2.34.